The van der Waals surface area contributed by atoms with Gasteiger partial charge in [0, 0.05) is 18.7 Å². The van der Waals surface area contributed by atoms with E-state index in [4.69, 9.17) is 11.6 Å². The lowest BCUT2D eigenvalue weighted by Crippen LogP contribution is -2.29. The van der Waals surface area contributed by atoms with Gasteiger partial charge in [0.1, 0.15) is 11.5 Å². The van der Waals surface area contributed by atoms with Gasteiger partial charge < -0.3 is 0 Å². The minimum atomic E-state index is -3.74. The second-order valence-electron chi connectivity index (χ2n) is 6.33. The number of aromatic nitrogens is 3. The van der Waals surface area contributed by atoms with Gasteiger partial charge >= 0.3 is 0 Å². The second kappa shape index (κ2) is 7.03. The van der Waals surface area contributed by atoms with E-state index in [2.05, 4.69) is 10.3 Å². The molecule has 6 nitrogen and oxygen atoms in total. The number of halogens is 2. The first-order valence-corrected chi connectivity index (χ1v) is 10.2. The largest absolute Gasteiger partial charge is 0.247 e. The van der Waals surface area contributed by atoms with E-state index in [0.717, 1.165) is 23.4 Å². The van der Waals surface area contributed by atoms with Gasteiger partial charge in [-0.3, -0.25) is 0 Å². The molecule has 0 spiro atoms. The van der Waals surface area contributed by atoms with Gasteiger partial charge in [-0.15, -0.1) is 5.10 Å². The minimum Gasteiger partial charge on any atom is -0.247 e. The molecule has 140 valence electrons. The molecule has 2 aromatic carbocycles. The van der Waals surface area contributed by atoms with Crippen molar-refractivity contribution >= 4 is 21.6 Å². The van der Waals surface area contributed by atoms with E-state index >= 15 is 0 Å². The first-order chi connectivity index (χ1) is 12.9. The summed E-state index contributed by atoms with van der Waals surface area (Å²) in [7, 11) is -3.74. The van der Waals surface area contributed by atoms with Crippen molar-refractivity contribution in [2.24, 2.45) is 0 Å². The third-order valence-electron chi connectivity index (χ3n) is 4.61. The van der Waals surface area contributed by atoms with Crippen LogP contribution in [0.4, 0.5) is 4.39 Å². The Morgan fingerprint density at radius 3 is 2.67 bits per heavy atom. The summed E-state index contributed by atoms with van der Waals surface area (Å²) < 4.78 is 42.0. The Hall–Kier alpha value is -2.29. The first kappa shape index (κ1) is 18.1. The highest BCUT2D eigenvalue weighted by molar-refractivity contribution is 7.89. The number of hydrogen-bond acceptors (Lipinski definition) is 4. The zero-order valence-electron chi connectivity index (χ0n) is 14.2. The average molecular weight is 407 g/mol. The average Bonchev–Trinajstić information content (AvgIpc) is 3.34. The zero-order valence-corrected chi connectivity index (χ0v) is 15.7. The molecule has 1 unspecified atom stereocenters. The van der Waals surface area contributed by atoms with Crippen molar-refractivity contribution in [3.05, 3.63) is 65.6 Å². The van der Waals surface area contributed by atoms with Crippen molar-refractivity contribution in [1.29, 1.82) is 0 Å². The predicted molar refractivity (Wildman–Crippen MR) is 99.3 cm³/mol. The van der Waals surface area contributed by atoms with Crippen LogP contribution in [0, 0.1) is 5.82 Å². The van der Waals surface area contributed by atoms with Gasteiger partial charge in [0.25, 0.3) is 0 Å². The fraction of sp³-hybridized carbons (Fsp3) is 0.222. The van der Waals surface area contributed by atoms with E-state index < -0.39 is 15.8 Å². The van der Waals surface area contributed by atoms with Gasteiger partial charge in [-0.1, -0.05) is 47.1 Å². The maximum atomic E-state index is 13.3. The molecule has 1 saturated heterocycles. The molecule has 1 fully saturated rings. The van der Waals surface area contributed by atoms with Gasteiger partial charge in [-0.2, -0.15) is 4.31 Å². The third-order valence-corrected chi connectivity index (χ3v) is 6.76. The molecule has 0 aliphatic carbocycles. The van der Waals surface area contributed by atoms with Crippen molar-refractivity contribution in [1.82, 2.24) is 19.3 Å². The Bertz CT molecular complexity index is 1070. The Balaban J connectivity index is 1.53. The molecule has 1 aliphatic heterocycles. The van der Waals surface area contributed by atoms with Crippen LogP contribution in [0.25, 0.3) is 11.3 Å². The predicted octanol–water partition coefficient (Wildman–Crippen LogP) is 3.37. The molecule has 1 aliphatic rings. The minimum absolute atomic E-state index is 0.0156. The molecule has 4 rings (SSSR count). The van der Waals surface area contributed by atoms with E-state index in [1.54, 1.807) is 4.68 Å². The zero-order chi connectivity index (χ0) is 19.0. The quantitative estimate of drug-likeness (QED) is 0.666. The van der Waals surface area contributed by atoms with Crippen LogP contribution in [0.2, 0.25) is 5.02 Å². The van der Waals surface area contributed by atoms with Crippen molar-refractivity contribution in [3.63, 3.8) is 0 Å². The lowest BCUT2D eigenvalue weighted by molar-refractivity contribution is 0.428. The number of benzene rings is 2. The van der Waals surface area contributed by atoms with Crippen molar-refractivity contribution < 1.29 is 12.8 Å². The number of nitrogens with zero attached hydrogens (tertiary/aromatic N) is 4. The summed E-state index contributed by atoms with van der Waals surface area (Å²) >= 11 is 5.73. The normalized spacial score (nSPS) is 18.1. The molecule has 2 heterocycles. The monoisotopic (exact) mass is 406 g/mol. The second-order valence-corrected chi connectivity index (χ2v) is 8.68. The van der Waals surface area contributed by atoms with Gasteiger partial charge in [0.15, 0.2) is 0 Å². The molecule has 0 N–H and O–H groups in total. The van der Waals surface area contributed by atoms with E-state index in [1.807, 2.05) is 36.5 Å². The Kier molecular flexibility index (Phi) is 4.71. The maximum Gasteiger partial charge on any atom is 0.243 e. The summed E-state index contributed by atoms with van der Waals surface area (Å²) in [5, 5.41) is 8.14. The topological polar surface area (TPSA) is 68.1 Å². The molecule has 1 aromatic heterocycles. The highest BCUT2D eigenvalue weighted by atomic mass is 35.5. The van der Waals surface area contributed by atoms with Crippen LogP contribution in [0.15, 0.2) is 59.6 Å². The van der Waals surface area contributed by atoms with Crippen LogP contribution in [-0.4, -0.2) is 40.8 Å². The molecular formula is C18H16ClFN4O2S. The number of hydrogen-bond donors (Lipinski definition) is 0. The summed E-state index contributed by atoms with van der Waals surface area (Å²) in [6.07, 6.45) is 2.44. The molecule has 0 amide bonds. The molecule has 3 aromatic rings. The third kappa shape index (κ3) is 3.47. The Labute approximate surface area is 161 Å². The van der Waals surface area contributed by atoms with E-state index in [1.165, 1.54) is 10.4 Å². The van der Waals surface area contributed by atoms with Crippen LogP contribution >= 0.6 is 11.6 Å². The summed E-state index contributed by atoms with van der Waals surface area (Å²) in [6.45, 7) is 0.622. The Morgan fingerprint density at radius 1 is 1.15 bits per heavy atom. The number of sulfonamides is 1. The summed E-state index contributed by atoms with van der Waals surface area (Å²) in [4.78, 5) is -0.0156. The smallest absolute Gasteiger partial charge is 0.243 e. The molecular weight excluding hydrogens is 391 g/mol. The fourth-order valence-corrected chi connectivity index (χ4v) is 4.89. The van der Waals surface area contributed by atoms with E-state index in [0.29, 0.717) is 13.0 Å². The van der Waals surface area contributed by atoms with Gasteiger partial charge in [0.05, 0.1) is 22.2 Å². The van der Waals surface area contributed by atoms with Crippen molar-refractivity contribution in [3.8, 4) is 11.3 Å². The Morgan fingerprint density at radius 2 is 1.93 bits per heavy atom. The van der Waals surface area contributed by atoms with E-state index in [-0.39, 0.29) is 22.5 Å². The molecule has 0 radical (unpaired) electrons. The van der Waals surface area contributed by atoms with Crippen molar-refractivity contribution in [2.75, 3.05) is 13.1 Å². The van der Waals surface area contributed by atoms with Crippen LogP contribution in [0.1, 0.15) is 12.5 Å². The lowest BCUT2D eigenvalue weighted by atomic mass is 10.2. The molecule has 0 saturated carbocycles. The SMILES string of the molecule is O=S(=O)(c1ccc(F)c(Cl)c1)N1CCC(n2cc(-c3ccccc3)nn2)C1. The molecule has 0 bridgehead atoms. The first-order valence-electron chi connectivity index (χ1n) is 8.37. The summed E-state index contributed by atoms with van der Waals surface area (Å²) in [5.74, 6) is -0.647. The fourth-order valence-electron chi connectivity index (χ4n) is 3.13. The maximum absolute atomic E-state index is 13.3. The summed E-state index contributed by atoms with van der Waals surface area (Å²) in [6, 6.07) is 13.0. The molecule has 9 heteroatoms. The molecule has 27 heavy (non-hydrogen) atoms. The van der Waals surface area contributed by atoms with Crippen molar-refractivity contribution in [2.45, 2.75) is 17.4 Å². The highest BCUT2D eigenvalue weighted by Gasteiger charge is 2.34. The summed E-state index contributed by atoms with van der Waals surface area (Å²) in [5.41, 5.74) is 1.69. The van der Waals surface area contributed by atoms with Crippen LogP contribution in [-0.2, 0) is 10.0 Å². The van der Waals surface area contributed by atoms with Crippen LogP contribution < -0.4 is 0 Å². The van der Waals surface area contributed by atoms with Gasteiger partial charge in [-0.25, -0.2) is 17.5 Å². The standard InChI is InChI=1S/C18H16ClFN4O2S/c19-16-10-15(6-7-17(16)20)27(25,26)23-9-8-14(11-23)24-12-18(21-22-24)13-4-2-1-3-5-13/h1-7,10,12,14H,8-9,11H2. The number of rotatable bonds is 4. The van der Waals surface area contributed by atoms with Crippen LogP contribution in [0.5, 0.6) is 0 Å². The van der Waals surface area contributed by atoms with Gasteiger partial charge in [-0.05, 0) is 24.6 Å². The van der Waals surface area contributed by atoms with E-state index in [9.17, 15) is 12.8 Å². The lowest BCUT2D eigenvalue weighted by Gasteiger charge is -2.16. The highest BCUT2D eigenvalue weighted by Crippen LogP contribution is 2.29. The molecule has 1 atom stereocenters. The van der Waals surface area contributed by atoms with Crippen LogP contribution in [0.3, 0.4) is 0 Å². The van der Waals surface area contributed by atoms with Gasteiger partial charge in [0.2, 0.25) is 10.0 Å².